The largest absolute Gasteiger partial charge is 0.355 e. The first-order chi connectivity index (χ1) is 11.5. The molecule has 0 radical (unpaired) electrons. The van der Waals surface area contributed by atoms with Gasteiger partial charge in [-0.15, -0.1) is 0 Å². The van der Waals surface area contributed by atoms with Crippen molar-refractivity contribution < 1.29 is 9.59 Å². The molecule has 0 aromatic carbocycles. The molecule has 0 aliphatic carbocycles. The molecule has 2 aromatic heterocycles. The fourth-order valence-electron chi connectivity index (χ4n) is 3.19. The number of nitrogens with one attached hydrogen (secondary N) is 1. The average molecular weight is 330 g/mol. The van der Waals surface area contributed by atoms with Gasteiger partial charge in [0.2, 0.25) is 5.91 Å². The minimum Gasteiger partial charge on any atom is -0.355 e. The molecule has 1 atom stereocenters. The van der Waals surface area contributed by atoms with Crippen molar-refractivity contribution in [3.8, 4) is 0 Å². The number of rotatable bonds is 4. The van der Waals surface area contributed by atoms with Crippen LogP contribution in [0.4, 0.5) is 0 Å². The van der Waals surface area contributed by atoms with Crippen LogP contribution in [0.2, 0.25) is 0 Å². The number of fused-ring (bicyclic) bond motifs is 1. The maximum atomic E-state index is 12.5. The van der Waals surface area contributed by atoms with Gasteiger partial charge < -0.3 is 15.1 Å². The second kappa shape index (κ2) is 6.56. The monoisotopic (exact) mass is 330 g/mol. The minimum atomic E-state index is -0.221. The van der Waals surface area contributed by atoms with E-state index < -0.39 is 0 Å². The van der Waals surface area contributed by atoms with Gasteiger partial charge in [-0.05, 0) is 33.0 Å². The van der Waals surface area contributed by atoms with Crippen LogP contribution in [-0.2, 0) is 4.79 Å². The molecule has 1 aliphatic heterocycles. The molecule has 1 unspecified atom stereocenters. The predicted octanol–water partition coefficient (Wildman–Crippen LogP) is 0.314. The SMILES string of the molecule is CNC(=O)c1cnn2c(C3CCCN3C(=O)CN(C)C)ccnc12. The van der Waals surface area contributed by atoms with E-state index in [-0.39, 0.29) is 17.9 Å². The highest BCUT2D eigenvalue weighted by Crippen LogP contribution is 2.32. The van der Waals surface area contributed by atoms with Gasteiger partial charge >= 0.3 is 0 Å². The highest BCUT2D eigenvalue weighted by atomic mass is 16.2. The molecule has 128 valence electrons. The van der Waals surface area contributed by atoms with Crippen molar-refractivity contribution in [2.45, 2.75) is 18.9 Å². The molecule has 1 saturated heterocycles. The number of likely N-dealkylation sites (N-methyl/N-ethyl adjacent to an activating group) is 1. The summed E-state index contributed by atoms with van der Waals surface area (Å²) in [4.78, 5) is 32.5. The normalized spacial score (nSPS) is 17.7. The summed E-state index contributed by atoms with van der Waals surface area (Å²) in [5.74, 6) is -0.118. The number of carbonyl (C=O) groups is 2. The van der Waals surface area contributed by atoms with E-state index in [1.54, 1.807) is 17.8 Å². The Bertz CT molecular complexity index is 769. The fourth-order valence-corrected chi connectivity index (χ4v) is 3.19. The van der Waals surface area contributed by atoms with Crippen LogP contribution in [0.5, 0.6) is 0 Å². The van der Waals surface area contributed by atoms with Crippen molar-refractivity contribution in [3.63, 3.8) is 0 Å². The summed E-state index contributed by atoms with van der Waals surface area (Å²) < 4.78 is 1.68. The van der Waals surface area contributed by atoms with Crippen LogP contribution in [0.15, 0.2) is 18.5 Å². The van der Waals surface area contributed by atoms with Crippen LogP contribution in [0.1, 0.15) is 34.9 Å². The summed E-state index contributed by atoms with van der Waals surface area (Å²) in [6.07, 6.45) is 5.03. The first-order valence-corrected chi connectivity index (χ1v) is 8.02. The van der Waals surface area contributed by atoms with E-state index in [0.717, 1.165) is 25.1 Å². The van der Waals surface area contributed by atoms with Crippen LogP contribution in [0, 0.1) is 0 Å². The van der Waals surface area contributed by atoms with Gasteiger partial charge in [-0.2, -0.15) is 5.10 Å². The Balaban J connectivity index is 1.98. The minimum absolute atomic E-state index is 0.0413. The van der Waals surface area contributed by atoms with Crippen molar-refractivity contribution in [2.75, 3.05) is 34.2 Å². The Morgan fingerprint density at radius 1 is 1.42 bits per heavy atom. The zero-order valence-electron chi connectivity index (χ0n) is 14.2. The third-order valence-electron chi connectivity index (χ3n) is 4.27. The molecule has 24 heavy (non-hydrogen) atoms. The van der Waals surface area contributed by atoms with Crippen LogP contribution in [-0.4, -0.2) is 70.4 Å². The van der Waals surface area contributed by atoms with Gasteiger partial charge in [-0.1, -0.05) is 0 Å². The Morgan fingerprint density at radius 2 is 2.21 bits per heavy atom. The number of aromatic nitrogens is 3. The topological polar surface area (TPSA) is 82.8 Å². The predicted molar refractivity (Wildman–Crippen MR) is 88.6 cm³/mol. The lowest BCUT2D eigenvalue weighted by Crippen LogP contribution is -2.37. The summed E-state index contributed by atoms with van der Waals surface area (Å²) >= 11 is 0. The second-order valence-electron chi connectivity index (χ2n) is 6.23. The van der Waals surface area contributed by atoms with Gasteiger partial charge in [0, 0.05) is 19.8 Å². The molecular weight excluding hydrogens is 308 g/mol. The van der Waals surface area contributed by atoms with Gasteiger partial charge in [0.15, 0.2) is 5.65 Å². The van der Waals surface area contributed by atoms with Crippen LogP contribution < -0.4 is 5.32 Å². The molecule has 0 saturated carbocycles. The van der Waals surface area contributed by atoms with E-state index in [9.17, 15) is 9.59 Å². The van der Waals surface area contributed by atoms with Gasteiger partial charge in [0.05, 0.1) is 24.5 Å². The molecule has 1 fully saturated rings. The number of nitrogens with zero attached hydrogens (tertiary/aromatic N) is 5. The van der Waals surface area contributed by atoms with E-state index >= 15 is 0 Å². The highest BCUT2D eigenvalue weighted by molar-refractivity contribution is 5.99. The van der Waals surface area contributed by atoms with Crippen LogP contribution in [0.3, 0.4) is 0 Å². The Labute approximate surface area is 140 Å². The van der Waals surface area contributed by atoms with E-state index in [4.69, 9.17) is 0 Å². The lowest BCUT2D eigenvalue weighted by atomic mass is 10.1. The summed E-state index contributed by atoms with van der Waals surface area (Å²) in [5.41, 5.74) is 1.84. The quantitative estimate of drug-likeness (QED) is 0.873. The molecule has 3 heterocycles. The van der Waals surface area contributed by atoms with Crippen molar-refractivity contribution in [2.24, 2.45) is 0 Å². The molecule has 3 rings (SSSR count). The maximum Gasteiger partial charge on any atom is 0.256 e. The van der Waals surface area contributed by atoms with E-state index in [0.29, 0.717) is 17.8 Å². The summed E-state index contributed by atoms with van der Waals surface area (Å²) in [6.45, 7) is 1.12. The number of hydrogen-bond donors (Lipinski definition) is 1. The number of hydrogen-bond acceptors (Lipinski definition) is 5. The van der Waals surface area contributed by atoms with Gasteiger partial charge in [0.1, 0.15) is 5.56 Å². The smallest absolute Gasteiger partial charge is 0.256 e. The third kappa shape index (κ3) is 2.84. The molecular formula is C16H22N6O2. The van der Waals surface area contributed by atoms with E-state index in [1.807, 2.05) is 30.0 Å². The van der Waals surface area contributed by atoms with Crippen LogP contribution >= 0.6 is 0 Å². The molecule has 2 amide bonds. The van der Waals surface area contributed by atoms with Crippen molar-refractivity contribution >= 4 is 17.5 Å². The lowest BCUT2D eigenvalue weighted by Gasteiger charge is -2.26. The fraction of sp³-hybridized carbons (Fsp3) is 0.500. The van der Waals surface area contributed by atoms with Crippen molar-refractivity contribution in [3.05, 3.63) is 29.7 Å². The summed E-state index contributed by atoms with van der Waals surface area (Å²) in [6, 6.07) is 1.83. The number of carbonyl (C=O) groups excluding carboxylic acids is 2. The van der Waals surface area contributed by atoms with Gasteiger partial charge in [-0.3, -0.25) is 9.59 Å². The average Bonchev–Trinajstić information content (AvgIpc) is 3.20. The number of amides is 2. The molecule has 0 bridgehead atoms. The van der Waals surface area contributed by atoms with Crippen LogP contribution in [0.25, 0.3) is 5.65 Å². The van der Waals surface area contributed by atoms with E-state index in [2.05, 4.69) is 15.4 Å². The van der Waals surface area contributed by atoms with Crippen molar-refractivity contribution in [1.29, 1.82) is 0 Å². The molecule has 1 aliphatic rings. The molecule has 8 heteroatoms. The highest BCUT2D eigenvalue weighted by Gasteiger charge is 2.32. The van der Waals surface area contributed by atoms with Crippen molar-refractivity contribution in [1.82, 2.24) is 29.7 Å². The zero-order valence-corrected chi connectivity index (χ0v) is 14.2. The third-order valence-corrected chi connectivity index (χ3v) is 4.27. The van der Waals surface area contributed by atoms with Gasteiger partial charge in [0.25, 0.3) is 5.91 Å². The molecule has 8 nitrogen and oxygen atoms in total. The van der Waals surface area contributed by atoms with Gasteiger partial charge in [-0.25, -0.2) is 9.50 Å². The Hall–Kier alpha value is -2.48. The maximum absolute atomic E-state index is 12.5. The number of likely N-dealkylation sites (tertiary alicyclic amines) is 1. The first-order valence-electron chi connectivity index (χ1n) is 8.02. The van der Waals surface area contributed by atoms with E-state index in [1.165, 1.54) is 6.20 Å². The summed E-state index contributed by atoms with van der Waals surface area (Å²) in [5, 5.41) is 6.93. The Kier molecular flexibility index (Phi) is 4.48. The molecule has 0 spiro atoms. The molecule has 2 aromatic rings. The molecule has 1 N–H and O–H groups in total. The summed E-state index contributed by atoms with van der Waals surface area (Å²) in [7, 11) is 5.35. The standard InChI is InChI=1S/C16H22N6O2/c1-17-16(24)11-9-19-22-13(6-7-18-15(11)22)12-5-4-8-21(12)14(23)10-20(2)3/h6-7,9,12H,4-5,8,10H2,1-3H3,(H,17,24). The second-order valence-corrected chi connectivity index (χ2v) is 6.23. The zero-order chi connectivity index (χ0) is 17.3. The Morgan fingerprint density at radius 3 is 2.92 bits per heavy atom. The lowest BCUT2D eigenvalue weighted by molar-refractivity contribution is -0.132. The first kappa shape index (κ1) is 16.4.